The van der Waals surface area contributed by atoms with Crippen LogP contribution in [0.25, 0.3) is 110 Å². The van der Waals surface area contributed by atoms with Crippen molar-refractivity contribution in [3.05, 3.63) is 170 Å². The Kier molecular flexibility index (Phi) is 5.00. The van der Waals surface area contributed by atoms with E-state index in [4.69, 9.17) is 0 Å². The molecule has 0 saturated heterocycles. The number of hydrogen-bond donors (Lipinski definition) is 0. The highest BCUT2D eigenvalue weighted by Gasteiger charge is 2.24. The number of rotatable bonds is 2. The number of hydrogen-bond acceptors (Lipinski definition) is 0. The molecule has 2 nitrogen and oxygen atoms in total. The zero-order valence-electron chi connectivity index (χ0n) is 27.1. The molecule has 2 aromatic heterocycles. The monoisotopic (exact) mass is 632 g/mol. The lowest BCUT2D eigenvalue weighted by Gasteiger charge is -2.13. The van der Waals surface area contributed by atoms with Crippen LogP contribution in [0.2, 0.25) is 0 Å². The van der Waals surface area contributed by atoms with Crippen molar-refractivity contribution < 1.29 is 0 Å². The van der Waals surface area contributed by atoms with Crippen LogP contribution in [0.5, 0.6) is 0 Å². The molecule has 2 heterocycles. The highest BCUT2D eigenvalue weighted by Crippen LogP contribution is 2.49. The first kappa shape index (κ1) is 26.3. The van der Waals surface area contributed by atoms with E-state index in [-0.39, 0.29) is 0 Å². The maximum atomic E-state index is 2.48. The third-order valence-corrected chi connectivity index (χ3v) is 11.2. The number of aromatic nitrogens is 2. The summed E-state index contributed by atoms with van der Waals surface area (Å²) < 4.78 is 4.92. The quantitative estimate of drug-likeness (QED) is 0.168. The van der Waals surface area contributed by atoms with Crippen LogP contribution in [0.4, 0.5) is 0 Å². The van der Waals surface area contributed by atoms with Gasteiger partial charge in [0, 0.05) is 38.3 Å². The standard InChI is InChI=1S/C48H28N2/c1-2-12-30(13-3-1)50-43-19-8-6-16-36(43)40-23-21-35-34-25-26-45-47(38(34)22-24-39(35)48(40)50)41-17-7-9-20-44(41)49(45)31-27-29-11-10-18-37-32-14-4-5-15-33(32)42(28-31)46(29)37/h1-28H. The fraction of sp³-hybridized carbons (Fsp3) is 0. The topological polar surface area (TPSA) is 9.86 Å². The Morgan fingerprint density at radius 3 is 1.72 bits per heavy atom. The summed E-state index contributed by atoms with van der Waals surface area (Å²) >= 11 is 0. The Morgan fingerprint density at radius 1 is 0.280 bits per heavy atom. The highest BCUT2D eigenvalue weighted by atomic mass is 15.0. The van der Waals surface area contributed by atoms with Gasteiger partial charge in [0.05, 0.1) is 22.1 Å². The fourth-order valence-electron chi connectivity index (χ4n) is 9.20. The molecule has 11 aromatic rings. The van der Waals surface area contributed by atoms with Gasteiger partial charge >= 0.3 is 0 Å². The number of benzene rings is 9. The maximum Gasteiger partial charge on any atom is 0.0619 e. The average Bonchev–Trinajstić information content (AvgIpc) is 3.82. The first-order valence-electron chi connectivity index (χ1n) is 17.4. The van der Waals surface area contributed by atoms with E-state index in [1.165, 1.54) is 110 Å². The molecule has 0 N–H and O–H groups in total. The van der Waals surface area contributed by atoms with Gasteiger partial charge in [0.1, 0.15) is 0 Å². The first-order chi connectivity index (χ1) is 24.8. The molecule has 0 saturated carbocycles. The minimum atomic E-state index is 1.18. The fourth-order valence-corrected chi connectivity index (χ4v) is 9.20. The van der Waals surface area contributed by atoms with Crippen LogP contribution in [-0.4, -0.2) is 9.13 Å². The second kappa shape index (κ2) is 9.49. The minimum absolute atomic E-state index is 1.18. The van der Waals surface area contributed by atoms with Gasteiger partial charge in [0.15, 0.2) is 0 Å². The Hall–Kier alpha value is -6.64. The minimum Gasteiger partial charge on any atom is -0.309 e. The Morgan fingerprint density at radius 2 is 0.880 bits per heavy atom. The van der Waals surface area contributed by atoms with Gasteiger partial charge < -0.3 is 9.13 Å². The van der Waals surface area contributed by atoms with Gasteiger partial charge in [-0.25, -0.2) is 0 Å². The van der Waals surface area contributed by atoms with E-state index in [1.807, 2.05) is 0 Å². The lowest BCUT2D eigenvalue weighted by Crippen LogP contribution is -1.95. The zero-order chi connectivity index (χ0) is 32.5. The molecule has 50 heavy (non-hydrogen) atoms. The maximum absolute atomic E-state index is 2.48. The molecule has 0 bridgehead atoms. The molecular formula is C48H28N2. The predicted octanol–water partition coefficient (Wildman–Crippen LogP) is 13.0. The molecule has 1 aliphatic rings. The molecule has 0 atom stereocenters. The number of fused-ring (bicyclic) bond motifs is 14. The molecule has 1 aliphatic carbocycles. The van der Waals surface area contributed by atoms with Crippen LogP contribution in [0.15, 0.2) is 170 Å². The molecule has 2 heteroatoms. The SMILES string of the molecule is c1ccc(-n2c3ccccc3c3ccc4c5ccc6c(c5ccc4c32)c2ccccc2n6-c2cc3c4c(cccc4c2)-c2ccccc2-3)cc1. The number of para-hydroxylation sites is 3. The molecule has 0 amide bonds. The van der Waals surface area contributed by atoms with Crippen LogP contribution < -0.4 is 0 Å². The largest absolute Gasteiger partial charge is 0.309 e. The van der Waals surface area contributed by atoms with Gasteiger partial charge in [0.2, 0.25) is 0 Å². The number of nitrogens with zero attached hydrogens (tertiary/aromatic N) is 2. The Balaban J connectivity index is 1.18. The Bertz CT molecular complexity index is 3250. The van der Waals surface area contributed by atoms with Crippen molar-refractivity contribution in [1.82, 2.24) is 9.13 Å². The highest BCUT2D eigenvalue weighted by molar-refractivity contribution is 6.29. The molecule has 230 valence electrons. The average molecular weight is 633 g/mol. The van der Waals surface area contributed by atoms with Gasteiger partial charge in [-0.1, -0.05) is 127 Å². The molecule has 0 spiro atoms. The predicted molar refractivity (Wildman–Crippen MR) is 212 cm³/mol. The van der Waals surface area contributed by atoms with Crippen LogP contribution >= 0.6 is 0 Å². The van der Waals surface area contributed by atoms with Crippen molar-refractivity contribution >= 4 is 75.9 Å². The Labute approximate surface area is 287 Å². The third kappa shape index (κ3) is 3.28. The second-order valence-electron chi connectivity index (χ2n) is 13.7. The molecule has 0 radical (unpaired) electrons. The molecule has 0 unspecified atom stereocenters. The van der Waals surface area contributed by atoms with Crippen molar-refractivity contribution in [1.29, 1.82) is 0 Å². The van der Waals surface area contributed by atoms with Crippen molar-refractivity contribution in [3.63, 3.8) is 0 Å². The van der Waals surface area contributed by atoms with Crippen LogP contribution in [0, 0.1) is 0 Å². The normalized spacial score (nSPS) is 12.4. The summed E-state index contributed by atoms with van der Waals surface area (Å²) in [6, 6.07) is 62.9. The van der Waals surface area contributed by atoms with Crippen molar-refractivity contribution in [3.8, 4) is 33.6 Å². The smallest absolute Gasteiger partial charge is 0.0619 e. The summed E-state index contributed by atoms with van der Waals surface area (Å²) in [5, 5.41) is 12.9. The van der Waals surface area contributed by atoms with Gasteiger partial charge in [-0.3, -0.25) is 0 Å². The third-order valence-electron chi connectivity index (χ3n) is 11.2. The van der Waals surface area contributed by atoms with Crippen LogP contribution in [0.3, 0.4) is 0 Å². The molecular weight excluding hydrogens is 605 g/mol. The van der Waals surface area contributed by atoms with E-state index in [1.54, 1.807) is 0 Å². The molecule has 9 aromatic carbocycles. The van der Waals surface area contributed by atoms with Crippen molar-refractivity contribution in [2.75, 3.05) is 0 Å². The zero-order valence-corrected chi connectivity index (χ0v) is 27.1. The lowest BCUT2D eigenvalue weighted by atomic mass is 9.96. The summed E-state index contributed by atoms with van der Waals surface area (Å²) in [6.07, 6.45) is 0. The van der Waals surface area contributed by atoms with Crippen molar-refractivity contribution in [2.45, 2.75) is 0 Å². The molecule has 0 fully saturated rings. The summed E-state index contributed by atoms with van der Waals surface area (Å²) in [7, 11) is 0. The summed E-state index contributed by atoms with van der Waals surface area (Å²) in [4.78, 5) is 0. The lowest BCUT2D eigenvalue weighted by molar-refractivity contribution is 1.19. The van der Waals surface area contributed by atoms with Gasteiger partial charge in [-0.2, -0.15) is 0 Å². The summed E-state index contributed by atoms with van der Waals surface area (Å²) in [5.74, 6) is 0. The van der Waals surface area contributed by atoms with E-state index >= 15 is 0 Å². The molecule has 0 aliphatic heterocycles. The van der Waals surface area contributed by atoms with Crippen molar-refractivity contribution in [2.24, 2.45) is 0 Å². The second-order valence-corrected chi connectivity index (χ2v) is 13.7. The van der Waals surface area contributed by atoms with Gasteiger partial charge in [-0.15, -0.1) is 0 Å². The van der Waals surface area contributed by atoms with Crippen LogP contribution in [-0.2, 0) is 0 Å². The van der Waals surface area contributed by atoms with Crippen LogP contribution in [0.1, 0.15) is 0 Å². The molecule has 12 rings (SSSR count). The van der Waals surface area contributed by atoms with Gasteiger partial charge in [-0.05, 0) is 91.6 Å². The van der Waals surface area contributed by atoms with Gasteiger partial charge in [0.25, 0.3) is 0 Å². The summed E-state index contributed by atoms with van der Waals surface area (Å²) in [5.41, 5.74) is 12.6. The van der Waals surface area contributed by atoms with E-state index < -0.39 is 0 Å². The van der Waals surface area contributed by atoms with E-state index in [9.17, 15) is 0 Å². The van der Waals surface area contributed by atoms with E-state index in [0.717, 1.165) is 0 Å². The van der Waals surface area contributed by atoms with E-state index in [0.29, 0.717) is 0 Å². The summed E-state index contributed by atoms with van der Waals surface area (Å²) in [6.45, 7) is 0. The first-order valence-corrected chi connectivity index (χ1v) is 17.4. The van der Waals surface area contributed by atoms with E-state index in [2.05, 4.69) is 179 Å².